The molecule has 18 heavy (non-hydrogen) atoms. The molecule has 0 saturated carbocycles. The van der Waals surface area contributed by atoms with E-state index >= 15 is 0 Å². The number of hydrogen-bond acceptors (Lipinski definition) is 2. The molecule has 3 nitrogen and oxygen atoms in total. The van der Waals surface area contributed by atoms with Gasteiger partial charge in [-0.2, -0.15) is 0 Å². The molecule has 2 aromatic rings. The number of nitrogens with one attached hydrogen (secondary N) is 2. The molecule has 3 rings (SSSR count). The summed E-state index contributed by atoms with van der Waals surface area (Å²) in [4.78, 5) is 3.56. The smallest absolute Gasteiger partial charge is 0.142 e. The van der Waals surface area contributed by atoms with Crippen molar-refractivity contribution in [3.05, 3.63) is 29.5 Å². The van der Waals surface area contributed by atoms with Gasteiger partial charge >= 0.3 is 0 Å². The minimum Gasteiger partial charge on any atom is -0.495 e. The van der Waals surface area contributed by atoms with Crippen molar-refractivity contribution in [2.75, 3.05) is 20.2 Å². The van der Waals surface area contributed by atoms with Gasteiger partial charge in [-0.15, -0.1) is 0 Å². The second-order valence-corrected chi connectivity index (χ2v) is 5.14. The summed E-state index contributed by atoms with van der Waals surface area (Å²) < 4.78 is 5.44. The SMILES string of the molecule is COc1ccc(C)c2cc(C3CCCNC3)[nH]c12. The lowest BCUT2D eigenvalue weighted by Gasteiger charge is -2.21. The number of rotatable bonds is 2. The quantitative estimate of drug-likeness (QED) is 0.852. The number of aromatic nitrogens is 1. The molecular weight excluding hydrogens is 224 g/mol. The molecule has 0 radical (unpaired) electrons. The number of aryl methyl sites for hydroxylation is 1. The van der Waals surface area contributed by atoms with Gasteiger partial charge in [0.15, 0.2) is 0 Å². The molecule has 2 N–H and O–H groups in total. The van der Waals surface area contributed by atoms with Gasteiger partial charge in [-0.1, -0.05) is 6.07 Å². The molecule has 96 valence electrons. The third-order valence-electron chi connectivity index (χ3n) is 3.95. The van der Waals surface area contributed by atoms with Crippen LogP contribution in [0.25, 0.3) is 10.9 Å². The summed E-state index contributed by atoms with van der Waals surface area (Å²) in [6, 6.07) is 6.46. The van der Waals surface area contributed by atoms with E-state index in [1.54, 1.807) is 7.11 Å². The number of ether oxygens (including phenoxy) is 1. The number of hydrogen-bond donors (Lipinski definition) is 2. The summed E-state index contributed by atoms with van der Waals surface area (Å²) in [6.45, 7) is 4.38. The zero-order valence-corrected chi connectivity index (χ0v) is 11.0. The van der Waals surface area contributed by atoms with E-state index in [2.05, 4.69) is 29.4 Å². The maximum Gasteiger partial charge on any atom is 0.142 e. The first-order chi connectivity index (χ1) is 8.79. The third-order valence-corrected chi connectivity index (χ3v) is 3.95. The highest BCUT2D eigenvalue weighted by molar-refractivity contribution is 5.89. The Kier molecular flexibility index (Phi) is 3.00. The number of benzene rings is 1. The zero-order valence-electron chi connectivity index (χ0n) is 11.0. The Morgan fingerprint density at radius 3 is 2.94 bits per heavy atom. The van der Waals surface area contributed by atoms with Crippen LogP contribution in [-0.2, 0) is 0 Å². The zero-order chi connectivity index (χ0) is 12.5. The summed E-state index contributed by atoms with van der Waals surface area (Å²) in [5.41, 5.74) is 3.78. The fraction of sp³-hybridized carbons (Fsp3) is 0.467. The van der Waals surface area contributed by atoms with Crippen LogP contribution in [0.1, 0.15) is 30.0 Å². The van der Waals surface area contributed by atoms with E-state index in [4.69, 9.17) is 4.74 Å². The van der Waals surface area contributed by atoms with Crippen LogP contribution in [0, 0.1) is 6.92 Å². The lowest BCUT2D eigenvalue weighted by Crippen LogP contribution is -2.28. The van der Waals surface area contributed by atoms with Gasteiger partial charge in [-0.05, 0) is 44.0 Å². The Morgan fingerprint density at radius 2 is 2.22 bits per heavy atom. The molecule has 3 heteroatoms. The molecule has 1 unspecified atom stereocenters. The van der Waals surface area contributed by atoms with E-state index in [0.717, 1.165) is 24.4 Å². The first-order valence-corrected chi connectivity index (χ1v) is 6.66. The number of H-pyrrole nitrogens is 1. The molecule has 1 aromatic carbocycles. The number of piperidine rings is 1. The molecule has 1 saturated heterocycles. The van der Waals surface area contributed by atoms with Crippen LogP contribution >= 0.6 is 0 Å². The van der Waals surface area contributed by atoms with Crippen molar-refractivity contribution >= 4 is 10.9 Å². The molecule has 0 amide bonds. The Morgan fingerprint density at radius 1 is 1.33 bits per heavy atom. The van der Waals surface area contributed by atoms with Crippen LogP contribution in [-0.4, -0.2) is 25.2 Å². The second kappa shape index (κ2) is 4.65. The monoisotopic (exact) mass is 244 g/mol. The second-order valence-electron chi connectivity index (χ2n) is 5.14. The molecule has 0 spiro atoms. The minimum atomic E-state index is 0.607. The van der Waals surface area contributed by atoms with Gasteiger partial charge in [0.25, 0.3) is 0 Å². The van der Waals surface area contributed by atoms with Gasteiger partial charge in [-0.3, -0.25) is 0 Å². The highest BCUT2D eigenvalue weighted by atomic mass is 16.5. The fourth-order valence-electron chi connectivity index (χ4n) is 2.86. The summed E-state index contributed by atoms with van der Waals surface area (Å²) >= 11 is 0. The van der Waals surface area contributed by atoms with E-state index in [0.29, 0.717) is 5.92 Å². The third kappa shape index (κ3) is 1.89. The number of aromatic amines is 1. The van der Waals surface area contributed by atoms with Gasteiger partial charge < -0.3 is 15.0 Å². The first kappa shape index (κ1) is 11.6. The van der Waals surface area contributed by atoms with Crippen molar-refractivity contribution in [1.29, 1.82) is 0 Å². The molecule has 0 aliphatic carbocycles. The van der Waals surface area contributed by atoms with Crippen molar-refractivity contribution in [1.82, 2.24) is 10.3 Å². The van der Waals surface area contributed by atoms with E-state index in [1.807, 2.05) is 6.07 Å². The molecule has 0 bridgehead atoms. The Balaban J connectivity index is 2.06. The normalized spacial score (nSPS) is 20.2. The highest BCUT2D eigenvalue weighted by Crippen LogP contribution is 2.32. The van der Waals surface area contributed by atoms with Gasteiger partial charge in [0.2, 0.25) is 0 Å². The van der Waals surface area contributed by atoms with Gasteiger partial charge in [0, 0.05) is 23.5 Å². The minimum absolute atomic E-state index is 0.607. The maximum absolute atomic E-state index is 5.44. The Hall–Kier alpha value is -1.48. The lowest BCUT2D eigenvalue weighted by molar-refractivity contribution is 0.418. The van der Waals surface area contributed by atoms with Gasteiger partial charge in [-0.25, -0.2) is 0 Å². The van der Waals surface area contributed by atoms with Crippen LogP contribution in [0.5, 0.6) is 5.75 Å². The Labute approximate surface area is 108 Å². The average molecular weight is 244 g/mol. The Bertz CT molecular complexity index is 553. The summed E-state index contributed by atoms with van der Waals surface area (Å²) in [5, 5.41) is 4.76. The summed E-state index contributed by atoms with van der Waals surface area (Å²) in [7, 11) is 1.73. The maximum atomic E-state index is 5.44. The largest absolute Gasteiger partial charge is 0.495 e. The van der Waals surface area contributed by atoms with Gasteiger partial charge in [0.05, 0.1) is 12.6 Å². The first-order valence-electron chi connectivity index (χ1n) is 6.66. The molecule has 2 heterocycles. The summed E-state index contributed by atoms with van der Waals surface area (Å²) in [5.74, 6) is 1.54. The fourth-order valence-corrected chi connectivity index (χ4v) is 2.86. The van der Waals surface area contributed by atoms with Crippen molar-refractivity contribution in [2.24, 2.45) is 0 Å². The number of methoxy groups -OCH3 is 1. The molecular formula is C15H20N2O. The predicted molar refractivity (Wildman–Crippen MR) is 74.4 cm³/mol. The predicted octanol–water partition coefficient (Wildman–Crippen LogP) is 2.95. The van der Waals surface area contributed by atoms with Crippen LogP contribution in [0.15, 0.2) is 18.2 Å². The number of fused-ring (bicyclic) bond motifs is 1. The van der Waals surface area contributed by atoms with Crippen molar-refractivity contribution < 1.29 is 4.74 Å². The van der Waals surface area contributed by atoms with Crippen LogP contribution in [0.3, 0.4) is 0 Å². The average Bonchev–Trinajstić information content (AvgIpc) is 2.86. The standard InChI is InChI=1S/C15H20N2O/c1-10-5-6-14(18-2)15-12(10)8-13(17-15)11-4-3-7-16-9-11/h5-6,8,11,16-17H,3-4,7,9H2,1-2H3. The lowest BCUT2D eigenvalue weighted by atomic mass is 9.96. The van der Waals surface area contributed by atoms with Crippen LogP contribution < -0.4 is 10.1 Å². The van der Waals surface area contributed by atoms with E-state index < -0.39 is 0 Å². The molecule has 1 fully saturated rings. The van der Waals surface area contributed by atoms with Crippen LogP contribution in [0.2, 0.25) is 0 Å². The van der Waals surface area contributed by atoms with Gasteiger partial charge in [0.1, 0.15) is 5.75 Å². The molecule has 1 aliphatic heterocycles. The van der Waals surface area contributed by atoms with Crippen molar-refractivity contribution in [2.45, 2.75) is 25.7 Å². The summed E-state index contributed by atoms with van der Waals surface area (Å²) in [6.07, 6.45) is 2.53. The van der Waals surface area contributed by atoms with E-state index in [1.165, 1.54) is 29.5 Å². The molecule has 1 aliphatic rings. The highest BCUT2D eigenvalue weighted by Gasteiger charge is 2.18. The molecule has 1 aromatic heterocycles. The van der Waals surface area contributed by atoms with Crippen molar-refractivity contribution in [3.63, 3.8) is 0 Å². The van der Waals surface area contributed by atoms with E-state index in [9.17, 15) is 0 Å². The molecule has 1 atom stereocenters. The van der Waals surface area contributed by atoms with Crippen molar-refractivity contribution in [3.8, 4) is 5.75 Å². The van der Waals surface area contributed by atoms with Crippen LogP contribution in [0.4, 0.5) is 0 Å². The van der Waals surface area contributed by atoms with E-state index in [-0.39, 0.29) is 0 Å². The topological polar surface area (TPSA) is 37.0 Å².